The van der Waals surface area contributed by atoms with Crippen LogP contribution in [0.1, 0.15) is 24.1 Å². The number of halogens is 1. The molecule has 1 N–H and O–H groups in total. The predicted octanol–water partition coefficient (Wildman–Crippen LogP) is 4.32. The molecule has 0 bridgehead atoms. The van der Waals surface area contributed by atoms with E-state index in [2.05, 4.69) is 58.5 Å². The van der Waals surface area contributed by atoms with Gasteiger partial charge in [0, 0.05) is 17.1 Å². The van der Waals surface area contributed by atoms with Crippen LogP contribution in [0.5, 0.6) is 11.5 Å². The average molecular weight is 350 g/mol. The van der Waals surface area contributed by atoms with E-state index in [9.17, 15) is 0 Å². The number of benzene rings is 2. The van der Waals surface area contributed by atoms with Crippen molar-refractivity contribution in [3.8, 4) is 11.5 Å². The van der Waals surface area contributed by atoms with Gasteiger partial charge in [0.2, 0.25) is 0 Å². The minimum atomic E-state index is 0.230. The first-order valence-electron chi connectivity index (χ1n) is 6.83. The fraction of sp³-hybridized carbons (Fsp3) is 0.294. The molecule has 0 aromatic heterocycles. The van der Waals surface area contributed by atoms with Gasteiger partial charge in [-0.2, -0.15) is 0 Å². The zero-order valence-corrected chi connectivity index (χ0v) is 14.1. The smallest absolute Gasteiger partial charge is 0.161 e. The van der Waals surface area contributed by atoms with Crippen molar-refractivity contribution in [3.05, 3.63) is 58.1 Å². The van der Waals surface area contributed by atoms with E-state index in [1.807, 2.05) is 12.1 Å². The molecule has 0 saturated carbocycles. The van der Waals surface area contributed by atoms with Crippen LogP contribution in [0.2, 0.25) is 0 Å². The maximum Gasteiger partial charge on any atom is 0.161 e. The van der Waals surface area contributed by atoms with Gasteiger partial charge in [-0.3, -0.25) is 0 Å². The van der Waals surface area contributed by atoms with Crippen molar-refractivity contribution in [2.75, 3.05) is 14.2 Å². The molecule has 0 saturated heterocycles. The van der Waals surface area contributed by atoms with Crippen LogP contribution in [0.25, 0.3) is 0 Å². The van der Waals surface area contributed by atoms with E-state index in [4.69, 9.17) is 9.47 Å². The highest BCUT2D eigenvalue weighted by Crippen LogP contribution is 2.29. The van der Waals surface area contributed by atoms with Gasteiger partial charge in [0.15, 0.2) is 11.5 Å². The van der Waals surface area contributed by atoms with E-state index < -0.39 is 0 Å². The molecule has 0 radical (unpaired) electrons. The van der Waals surface area contributed by atoms with Gasteiger partial charge < -0.3 is 14.8 Å². The second-order valence-corrected chi connectivity index (χ2v) is 5.76. The van der Waals surface area contributed by atoms with E-state index in [0.717, 1.165) is 22.5 Å². The second-order valence-electron chi connectivity index (χ2n) is 4.84. The maximum absolute atomic E-state index is 5.35. The summed E-state index contributed by atoms with van der Waals surface area (Å²) in [5.41, 5.74) is 2.43. The monoisotopic (exact) mass is 349 g/mol. The molecule has 0 fully saturated rings. The van der Waals surface area contributed by atoms with Crippen molar-refractivity contribution in [2.45, 2.75) is 19.5 Å². The topological polar surface area (TPSA) is 30.5 Å². The molecule has 0 heterocycles. The van der Waals surface area contributed by atoms with Crippen molar-refractivity contribution in [2.24, 2.45) is 0 Å². The van der Waals surface area contributed by atoms with Gasteiger partial charge in [-0.05, 0) is 42.3 Å². The summed E-state index contributed by atoms with van der Waals surface area (Å²) >= 11 is 3.45. The fourth-order valence-corrected chi connectivity index (χ4v) is 2.38. The summed E-state index contributed by atoms with van der Waals surface area (Å²) in [6, 6.07) is 14.6. The van der Waals surface area contributed by atoms with Crippen LogP contribution >= 0.6 is 15.9 Å². The molecular formula is C17H20BrNO2. The Bertz CT molecular complexity index is 584. The van der Waals surface area contributed by atoms with Gasteiger partial charge in [0.1, 0.15) is 0 Å². The van der Waals surface area contributed by atoms with E-state index in [1.54, 1.807) is 14.2 Å². The Balaban J connectivity index is 2.02. The first kappa shape index (κ1) is 15.9. The number of nitrogens with one attached hydrogen (secondary N) is 1. The number of rotatable bonds is 6. The molecule has 0 aliphatic rings. The Morgan fingerprint density at radius 2 is 1.67 bits per heavy atom. The minimum Gasteiger partial charge on any atom is -0.493 e. The number of methoxy groups -OCH3 is 2. The van der Waals surface area contributed by atoms with Gasteiger partial charge in [0.05, 0.1) is 14.2 Å². The van der Waals surface area contributed by atoms with Gasteiger partial charge in [-0.25, -0.2) is 0 Å². The van der Waals surface area contributed by atoms with Crippen LogP contribution in [0, 0.1) is 0 Å². The molecule has 0 aliphatic carbocycles. The molecule has 21 heavy (non-hydrogen) atoms. The molecule has 0 aliphatic heterocycles. The van der Waals surface area contributed by atoms with E-state index in [1.165, 1.54) is 11.1 Å². The third-order valence-electron chi connectivity index (χ3n) is 3.43. The highest BCUT2D eigenvalue weighted by atomic mass is 79.9. The zero-order chi connectivity index (χ0) is 15.2. The Kier molecular flexibility index (Phi) is 5.65. The molecule has 112 valence electrons. The van der Waals surface area contributed by atoms with Gasteiger partial charge in [0.25, 0.3) is 0 Å². The van der Waals surface area contributed by atoms with Gasteiger partial charge in [-0.15, -0.1) is 0 Å². The molecule has 1 unspecified atom stereocenters. The maximum atomic E-state index is 5.35. The van der Waals surface area contributed by atoms with Gasteiger partial charge in [-0.1, -0.05) is 34.1 Å². The standard InChI is InChI=1S/C17H20BrNO2/c1-12(19-11-13-4-7-15(18)8-5-13)14-6-9-16(20-2)17(10-14)21-3/h4-10,12,19H,11H2,1-3H3. The van der Waals surface area contributed by atoms with Crippen LogP contribution in [0.3, 0.4) is 0 Å². The van der Waals surface area contributed by atoms with Crippen LogP contribution in [0.15, 0.2) is 46.9 Å². The highest BCUT2D eigenvalue weighted by molar-refractivity contribution is 9.10. The van der Waals surface area contributed by atoms with Crippen LogP contribution in [0.4, 0.5) is 0 Å². The van der Waals surface area contributed by atoms with Crippen LogP contribution in [-0.4, -0.2) is 14.2 Å². The van der Waals surface area contributed by atoms with Crippen molar-refractivity contribution in [1.82, 2.24) is 5.32 Å². The Labute approximate surface area is 134 Å². The summed E-state index contributed by atoms with van der Waals surface area (Å²) in [5.74, 6) is 1.51. The fourth-order valence-electron chi connectivity index (χ4n) is 2.11. The van der Waals surface area contributed by atoms with Crippen molar-refractivity contribution >= 4 is 15.9 Å². The lowest BCUT2D eigenvalue weighted by Crippen LogP contribution is -2.18. The first-order valence-corrected chi connectivity index (χ1v) is 7.63. The Morgan fingerprint density at radius 1 is 1.00 bits per heavy atom. The zero-order valence-electron chi connectivity index (χ0n) is 12.5. The lowest BCUT2D eigenvalue weighted by molar-refractivity contribution is 0.354. The lowest BCUT2D eigenvalue weighted by atomic mass is 10.1. The number of ether oxygens (including phenoxy) is 2. The van der Waals surface area contributed by atoms with Crippen molar-refractivity contribution in [3.63, 3.8) is 0 Å². The lowest BCUT2D eigenvalue weighted by Gasteiger charge is -2.16. The summed E-state index contributed by atoms with van der Waals surface area (Å²) < 4.78 is 11.7. The van der Waals surface area contributed by atoms with Crippen molar-refractivity contribution in [1.29, 1.82) is 0 Å². The molecule has 1 atom stereocenters. The number of hydrogen-bond acceptors (Lipinski definition) is 3. The molecule has 4 heteroatoms. The minimum absolute atomic E-state index is 0.230. The third kappa shape index (κ3) is 4.22. The van der Waals surface area contributed by atoms with Crippen LogP contribution < -0.4 is 14.8 Å². The Morgan fingerprint density at radius 3 is 2.29 bits per heavy atom. The summed E-state index contributed by atoms with van der Waals surface area (Å²) in [4.78, 5) is 0. The summed E-state index contributed by atoms with van der Waals surface area (Å²) in [6.45, 7) is 2.96. The SMILES string of the molecule is COc1ccc(C(C)NCc2ccc(Br)cc2)cc1OC. The summed E-state index contributed by atoms with van der Waals surface area (Å²) in [6.07, 6.45) is 0. The third-order valence-corrected chi connectivity index (χ3v) is 3.96. The molecule has 0 amide bonds. The van der Waals surface area contributed by atoms with Crippen LogP contribution in [-0.2, 0) is 6.54 Å². The second kappa shape index (κ2) is 7.48. The quantitative estimate of drug-likeness (QED) is 0.842. The highest BCUT2D eigenvalue weighted by Gasteiger charge is 2.09. The summed E-state index contributed by atoms with van der Waals surface area (Å²) in [7, 11) is 3.30. The van der Waals surface area contributed by atoms with Gasteiger partial charge >= 0.3 is 0 Å². The van der Waals surface area contributed by atoms with E-state index in [-0.39, 0.29) is 6.04 Å². The Hall–Kier alpha value is -1.52. The largest absolute Gasteiger partial charge is 0.493 e. The molecule has 2 aromatic carbocycles. The number of hydrogen-bond donors (Lipinski definition) is 1. The van der Waals surface area contributed by atoms with E-state index >= 15 is 0 Å². The molecule has 2 aromatic rings. The predicted molar refractivity (Wildman–Crippen MR) is 88.9 cm³/mol. The molecule has 3 nitrogen and oxygen atoms in total. The average Bonchev–Trinajstić information content (AvgIpc) is 2.53. The molecule has 0 spiro atoms. The molecular weight excluding hydrogens is 330 g/mol. The molecule has 2 rings (SSSR count). The van der Waals surface area contributed by atoms with E-state index in [0.29, 0.717) is 0 Å². The summed E-state index contributed by atoms with van der Waals surface area (Å²) in [5, 5.41) is 3.51. The normalized spacial score (nSPS) is 12.0. The first-order chi connectivity index (χ1) is 10.1. The van der Waals surface area contributed by atoms with Crippen molar-refractivity contribution < 1.29 is 9.47 Å².